The van der Waals surface area contributed by atoms with Crippen molar-refractivity contribution in [1.82, 2.24) is 14.9 Å². The molecule has 3 fully saturated rings. The van der Waals surface area contributed by atoms with E-state index in [2.05, 4.69) is 25.2 Å². The molecule has 0 unspecified atom stereocenters. The maximum Gasteiger partial charge on any atom is 0.291 e. The van der Waals surface area contributed by atoms with E-state index in [-0.39, 0.29) is 11.2 Å². The molecule has 0 aromatic carbocycles. The number of aromatic amines is 1. The van der Waals surface area contributed by atoms with Crippen molar-refractivity contribution >= 4 is 32.8 Å². The molecule has 1 spiro atoms. The van der Waals surface area contributed by atoms with Crippen LogP contribution in [0.3, 0.4) is 0 Å². The van der Waals surface area contributed by atoms with E-state index >= 15 is 0 Å². The number of rotatable bonds is 1. The first-order valence-corrected chi connectivity index (χ1v) is 8.75. The van der Waals surface area contributed by atoms with Crippen molar-refractivity contribution in [3.05, 3.63) is 22.5 Å². The molecular weight excluding hydrogens is 314 g/mol. The molecule has 8 heteroatoms. The van der Waals surface area contributed by atoms with E-state index in [1.54, 1.807) is 6.07 Å². The van der Waals surface area contributed by atoms with Crippen molar-refractivity contribution in [3.8, 4) is 0 Å². The average molecular weight is 331 g/mol. The molecular formula is C15H17N5O2S. The SMILES string of the molecule is O=c1ccc2nc(NC3=NC[C@@]4(CN5CCC4CC5)O3)sc2[nH]1. The molecule has 4 aliphatic rings. The van der Waals surface area contributed by atoms with Crippen LogP contribution in [0.2, 0.25) is 0 Å². The lowest BCUT2D eigenvalue weighted by molar-refractivity contribution is -0.0829. The van der Waals surface area contributed by atoms with Gasteiger partial charge in [-0.05, 0) is 32.0 Å². The summed E-state index contributed by atoms with van der Waals surface area (Å²) in [4.78, 5) is 26.4. The average Bonchev–Trinajstić information content (AvgIpc) is 3.12. The molecule has 2 N–H and O–H groups in total. The molecule has 0 aliphatic carbocycles. The lowest BCUT2D eigenvalue weighted by Gasteiger charge is -2.50. The van der Waals surface area contributed by atoms with Crippen molar-refractivity contribution < 1.29 is 4.74 Å². The fourth-order valence-electron chi connectivity index (χ4n) is 3.93. The van der Waals surface area contributed by atoms with Crippen molar-refractivity contribution in [2.75, 3.05) is 31.5 Å². The molecule has 1 atom stereocenters. The highest BCUT2D eigenvalue weighted by Gasteiger charge is 2.51. The van der Waals surface area contributed by atoms with Gasteiger partial charge in [0.1, 0.15) is 15.9 Å². The van der Waals surface area contributed by atoms with Gasteiger partial charge in [0.05, 0.1) is 6.54 Å². The number of aromatic nitrogens is 2. The predicted molar refractivity (Wildman–Crippen MR) is 89.1 cm³/mol. The summed E-state index contributed by atoms with van der Waals surface area (Å²) in [6.07, 6.45) is 2.40. The first-order chi connectivity index (χ1) is 11.2. The number of pyridine rings is 1. The van der Waals surface area contributed by atoms with Crippen molar-refractivity contribution in [2.45, 2.75) is 18.4 Å². The minimum Gasteiger partial charge on any atom is -0.455 e. The Morgan fingerprint density at radius 1 is 1.39 bits per heavy atom. The zero-order chi connectivity index (χ0) is 15.4. The van der Waals surface area contributed by atoms with Crippen LogP contribution in [0.5, 0.6) is 0 Å². The smallest absolute Gasteiger partial charge is 0.291 e. The predicted octanol–water partition coefficient (Wildman–Crippen LogP) is 1.25. The topological polar surface area (TPSA) is 82.6 Å². The van der Waals surface area contributed by atoms with Gasteiger partial charge in [0.2, 0.25) is 5.56 Å². The molecule has 120 valence electrons. The van der Waals surface area contributed by atoms with Gasteiger partial charge in [-0.2, -0.15) is 0 Å². The third kappa shape index (κ3) is 2.16. The van der Waals surface area contributed by atoms with Gasteiger partial charge in [-0.1, -0.05) is 11.3 Å². The van der Waals surface area contributed by atoms with Crippen LogP contribution in [-0.2, 0) is 4.74 Å². The molecule has 3 saturated heterocycles. The number of nitrogens with zero attached hydrogens (tertiary/aromatic N) is 3. The van der Waals surface area contributed by atoms with E-state index < -0.39 is 0 Å². The number of fused-ring (bicyclic) bond motifs is 3. The first kappa shape index (κ1) is 13.5. The van der Waals surface area contributed by atoms with Crippen LogP contribution in [-0.4, -0.2) is 52.7 Å². The maximum absolute atomic E-state index is 11.4. The van der Waals surface area contributed by atoms with Gasteiger partial charge in [-0.25, -0.2) is 9.98 Å². The van der Waals surface area contributed by atoms with Crippen LogP contribution in [0.15, 0.2) is 21.9 Å². The molecule has 2 aromatic rings. The molecule has 0 saturated carbocycles. The second-order valence-electron chi connectivity index (χ2n) is 6.52. The van der Waals surface area contributed by atoms with Gasteiger partial charge in [-0.3, -0.25) is 15.0 Å². The first-order valence-electron chi connectivity index (χ1n) is 7.93. The fraction of sp³-hybridized carbons (Fsp3) is 0.533. The second-order valence-corrected chi connectivity index (χ2v) is 7.52. The minimum atomic E-state index is -0.149. The number of ether oxygens (including phenoxy) is 1. The number of hydrogen-bond donors (Lipinski definition) is 2. The molecule has 7 nitrogen and oxygen atoms in total. The van der Waals surface area contributed by atoms with E-state index in [1.165, 1.54) is 43.3 Å². The number of aliphatic imine (C=N–C) groups is 1. The number of piperidine rings is 3. The Hall–Kier alpha value is -1.93. The molecule has 0 radical (unpaired) electrons. The van der Waals surface area contributed by atoms with Crippen LogP contribution in [0.25, 0.3) is 10.3 Å². The van der Waals surface area contributed by atoms with Crippen molar-refractivity contribution in [2.24, 2.45) is 10.9 Å². The molecule has 4 aliphatic heterocycles. The summed E-state index contributed by atoms with van der Waals surface area (Å²) in [6, 6.07) is 3.76. The zero-order valence-corrected chi connectivity index (χ0v) is 13.4. The van der Waals surface area contributed by atoms with E-state index in [4.69, 9.17) is 4.74 Å². The van der Waals surface area contributed by atoms with E-state index in [9.17, 15) is 4.79 Å². The summed E-state index contributed by atoms with van der Waals surface area (Å²) in [5.41, 5.74) is 0.505. The van der Waals surface area contributed by atoms with Gasteiger partial charge in [-0.15, -0.1) is 0 Å². The monoisotopic (exact) mass is 331 g/mol. The number of anilines is 1. The lowest BCUT2D eigenvalue weighted by Crippen LogP contribution is -2.61. The number of nitrogens with one attached hydrogen (secondary N) is 2. The number of thiazole rings is 1. The maximum atomic E-state index is 11.4. The summed E-state index contributed by atoms with van der Waals surface area (Å²) in [5.74, 6) is 0.599. The molecule has 0 amide bonds. The molecule has 6 rings (SSSR count). The van der Waals surface area contributed by atoms with Crippen LogP contribution >= 0.6 is 11.3 Å². The van der Waals surface area contributed by atoms with Gasteiger partial charge >= 0.3 is 0 Å². The minimum absolute atomic E-state index is 0.117. The van der Waals surface area contributed by atoms with Crippen LogP contribution in [0.1, 0.15) is 12.8 Å². The summed E-state index contributed by atoms with van der Waals surface area (Å²) in [5, 5.41) is 3.87. The number of H-pyrrole nitrogens is 1. The third-order valence-electron chi connectivity index (χ3n) is 5.11. The normalized spacial score (nSPS) is 32.3. The summed E-state index contributed by atoms with van der Waals surface area (Å²) in [6.45, 7) is 4.06. The standard InChI is InChI=1S/C15H17N5O2S/c21-11-2-1-10-12(18-11)23-14(17-10)19-13-16-7-15(22-13)8-20-5-3-9(15)4-6-20/h1-2,9H,3-8H2,(H,18,21)(H,16,17,19)/t15-/m0/s1. The van der Waals surface area contributed by atoms with E-state index in [1.807, 2.05) is 0 Å². The van der Waals surface area contributed by atoms with Gasteiger partial charge in [0, 0.05) is 18.5 Å². The Kier molecular flexibility index (Phi) is 2.81. The Morgan fingerprint density at radius 2 is 2.26 bits per heavy atom. The highest BCUT2D eigenvalue weighted by atomic mass is 32.1. The van der Waals surface area contributed by atoms with Crippen LogP contribution in [0.4, 0.5) is 5.13 Å². The highest BCUT2D eigenvalue weighted by Crippen LogP contribution is 2.41. The van der Waals surface area contributed by atoms with Gasteiger partial charge in [0.25, 0.3) is 6.02 Å². The van der Waals surface area contributed by atoms with Crippen LogP contribution < -0.4 is 10.9 Å². The molecule has 6 heterocycles. The summed E-state index contributed by atoms with van der Waals surface area (Å²) in [7, 11) is 0. The third-order valence-corrected chi connectivity index (χ3v) is 6.01. The van der Waals surface area contributed by atoms with Crippen LogP contribution in [0, 0.1) is 5.92 Å². The Labute approximate surface area is 136 Å². The molecule has 2 aromatic heterocycles. The lowest BCUT2D eigenvalue weighted by atomic mass is 9.75. The number of hydrogen-bond acceptors (Lipinski definition) is 7. The Bertz CT molecular complexity index is 851. The second kappa shape index (κ2) is 4.78. The van der Waals surface area contributed by atoms with Crippen molar-refractivity contribution in [3.63, 3.8) is 0 Å². The molecule has 23 heavy (non-hydrogen) atoms. The summed E-state index contributed by atoms with van der Waals surface area (Å²) < 4.78 is 6.24. The summed E-state index contributed by atoms with van der Waals surface area (Å²) >= 11 is 1.40. The Morgan fingerprint density at radius 3 is 3.04 bits per heavy atom. The van der Waals surface area contributed by atoms with Gasteiger partial charge in [0.15, 0.2) is 5.13 Å². The van der Waals surface area contributed by atoms with E-state index in [0.717, 1.165) is 23.4 Å². The van der Waals surface area contributed by atoms with Gasteiger partial charge < -0.3 is 9.72 Å². The largest absolute Gasteiger partial charge is 0.455 e. The quantitative estimate of drug-likeness (QED) is 0.822. The Balaban J connectivity index is 1.36. The molecule has 2 bridgehead atoms. The van der Waals surface area contributed by atoms with Crippen molar-refractivity contribution in [1.29, 1.82) is 0 Å². The number of amidine groups is 1. The highest BCUT2D eigenvalue weighted by molar-refractivity contribution is 7.21. The fourth-order valence-corrected chi connectivity index (χ4v) is 4.78. The van der Waals surface area contributed by atoms with E-state index in [0.29, 0.717) is 17.1 Å². The zero-order valence-electron chi connectivity index (χ0n) is 12.5.